The van der Waals surface area contributed by atoms with Crippen LogP contribution in [-0.2, 0) is 17.9 Å². The number of benzene rings is 2. The summed E-state index contributed by atoms with van der Waals surface area (Å²) < 4.78 is 21.0. The molecule has 2 aromatic carbocycles. The minimum absolute atomic E-state index is 0.0325. The number of hydrogen-bond acceptors (Lipinski definition) is 8. The van der Waals surface area contributed by atoms with Crippen molar-refractivity contribution in [3.8, 4) is 28.1 Å². The van der Waals surface area contributed by atoms with E-state index in [1.54, 1.807) is 51.4 Å². The van der Waals surface area contributed by atoms with E-state index < -0.39 is 11.9 Å². The van der Waals surface area contributed by atoms with Crippen LogP contribution in [0.25, 0.3) is 22.4 Å². The van der Waals surface area contributed by atoms with Crippen LogP contribution in [0.3, 0.4) is 0 Å². The Kier molecular flexibility index (Phi) is 11.7. The minimum atomic E-state index is -0.544. The second-order valence-electron chi connectivity index (χ2n) is 11.6. The zero-order valence-electron chi connectivity index (χ0n) is 26.6. The summed E-state index contributed by atoms with van der Waals surface area (Å²) in [5.41, 5.74) is 4.53. The largest absolute Gasteiger partial charge is 0.496 e. The van der Waals surface area contributed by atoms with Crippen molar-refractivity contribution in [1.82, 2.24) is 25.5 Å². The van der Waals surface area contributed by atoms with Crippen molar-refractivity contribution >= 4 is 40.6 Å². The number of carbonyl (C=O) groups excluding carboxylic acids is 1. The Bertz CT molecular complexity index is 1720. The van der Waals surface area contributed by atoms with E-state index in [1.165, 1.54) is 6.20 Å². The molecule has 1 aliphatic heterocycles. The number of aliphatic hydroxyl groups is 1. The van der Waals surface area contributed by atoms with Gasteiger partial charge in [0.25, 0.3) is 0 Å². The van der Waals surface area contributed by atoms with Gasteiger partial charge in [-0.2, -0.15) is 0 Å². The first kappa shape index (κ1) is 34.5. The molecule has 1 unspecified atom stereocenters. The summed E-state index contributed by atoms with van der Waals surface area (Å²) in [5, 5.41) is 19.9. The normalized spacial score (nSPS) is 14.2. The molecular formula is C35H39Cl2FN6O3. The first-order valence-electron chi connectivity index (χ1n) is 15.5. The molecule has 248 valence electrons. The van der Waals surface area contributed by atoms with Crippen molar-refractivity contribution in [1.29, 1.82) is 0 Å². The molecule has 1 atom stereocenters. The lowest BCUT2D eigenvalue weighted by molar-refractivity contribution is -0.129. The Hall–Kier alpha value is -3.80. The zero-order chi connectivity index (χ0) is 33.5. The SMILES string of the molecule is COc1cc(-c2nccc(-c3cccc(Nc4nccc(CNCC(C)O)c4F)c3Cl)c2Cl)ccc1CNC1CCN(C(C)=O)CC1. The van der Waals surface area contributed by atoms with Crippen LogP contribution in [0.15, 0.2) is 60.9 Å². The van der Waals surface area contributed by atoms with Gasteiger partial charge >= 0.3 is 0 Å². The summed E-state index contributed by atoms with van der Waals surface area (Å²) in [6, 6.07) is 15.0. The number of hydrogen-bond donors (Lipinski definition) is 4. The maximum Gasteiger partial charge on any atom is 0.219 e. The van der Waals surface area contributed by atoms with Gasteiger partial charge in [-0.3, -0.25) is 9.78 Å². The number of anilines is 2. The molecule has 0 aliphatic carbocycles. The standard InChI is InChI=1S/C35H39Cl2FN6O3/c1-21(45)18-39-19-25-9-13-41-35(33(25)38)43-29-6-4-5-27(31(29)36)28-10-14-40-34(32(28)37)23-7-8-24(30(17-23)47-3)20-42-26-11-15-44(16-12-26)22(2)46/h4-10,13-14,17,21,26,39,42,45H,11-12,15-16,18-20H2,1-3H3,(H,41,43). The lowest BCUT2D eigenvalue weighted by Gasteiger charge is -2.32. The summed E-state index contributed by atoms with van der Waals surface area (Å²) in [5.74, 6) is 0.352. The van der Waals surface area contributed by atoms with Crippen LogP contribution < -0.4 is 20.7 Å². The van der Waals surface area contributed by atoms with Crippen molar-refractivity contribution in [3.63, 3.8) is 0 Å². The molecule has 4 N–H and O–H groups in total. The lowest BCUT2D eigenvalue weighted by Crippen LogP contribution is -2.43. The monoisotopic (exact) mass is 680 g/mol. The number of methoxy groups -OCH3 is 1. The highest BCUT2D eigenvalue weighted by Crippen LogP contribution is 2.42. The van der Waals surface area contributed by atoms with E-state index >= 15 is 4.39 Å². The Morgan fingerprint density at radius 2 is 1.79 bits per heavy atom. The third-order valence-electron chi connectivity index (χ3n) is 8.24. The molecule has 1 fully saturated rings. The Balaban J connectivity index is 1.34. The molecule has 5 rings (SSSR count). The van der Waals surface area contributed by atoms with Gasteiger partial charge in [0, 0.05) is 85.9 Å². The van der Waals surface area contributed by atoms with Gasteiger partial charge in [-0.05, 0) is 44.0 Å². The average Bonchev–Trinajstić information content (AvgIpc) is 3.06. The number of ether oxygens (including phenoxy) is 1. The van der Waals surface area contributed by atoms with Crippen molar-refractivity contribution < 1.29 is 19.0 Å². The maximum absolute atomic E-state index is 15.3. The number of aliphatic hydroxyl groups excluding tert-OH is 1. The third kappa shape index (κ3) is 8.38. The van der Waals surface area contributed by atoms with Gasteiger partial charge in [-0.15, -0.1) is 0 Å². The second-order valence-corrected chi connectivity index (χ2v) is 12.4. The van der Waals surface area contributed by atoms with Crippen molar-refractivity contribution in [3.05, 3.63) is 87.9 Å². The van der Waals surface area contributed by atoms with Crippen LogP contribution in [0.2, 0.25) is 10.0 Å². The number of halogens is 3. The van der Waals surface area contributed by atoms with E-state index in [2.05, 4.69) is 25.9 Å². The van der Waals surface area contributed by atoms with Crippen molar-refractivity contribution in [2.75, 3.05) is 32.1 Å². The number of piperidine rings is 1. The van der Waals surface area contributed by atoms with Crippen LogP contribution in [0.1, 0.15) is 37.8 Å². The summed E-state index contributed by atoms with van der Waals surface area (Å²) in [7, 11) is 1.64. The Labute approximate surface area is 284 Å². The number of likely N-dealkylation sites (tertiary alicyclic amines) is 1. The van der Waals surface area contributed by atoms with Crippen LogP contribution >= 0.6 is 23.2 Å². The van der Waals surface area contributed by atoms with Crippen molar-refractivity contribution in [2.45, 2.75) is 51.9 Å². The summed E-state index contributed by atoms with van der Waals surface area (Å²) in [6.07, 6.45) is 4.46. The highest BCUT2D eigenvalue weighted by atomic mass is 35.5. The molecule has 3 heterocycles. The number of nitrogens with one attached hydrogen (secondary N) is 3. The predicted molar refractivity (Wildman–Crippen MR) is 185 cm³/mol. The smallest absolute Gasteiger partial charge is 0.219 e. The zero-order valence-corrected chi connectivity index (χ0v) is 28.1. The van der Waals surface area contributed by atoms with Crippen LogP contribution in [-0.4, -0.2) is 64.8 Å². The van der Waals surface area contributed by atoms with E-state index in [9.17, 15) is 9.90 Å². The van der Waals surface area contributed by atoms with E-state index in [0.717, 1.165) is 37.1 Å². The molecule has 0 bridgehead atoms. The first-order valence-corrected chi connectivity index (χ1v) is 16.3. The molecule has 47 heavy (non-hydrogen) atoms. The van der Waals surface area contributed by atoms with Crippen molar-refractivity contribution in [2.24, 2.45) is 0 Å². The summed E-state index contributed by atoms with van der Waals surface area (Å²) >= 11 is 13.9. The Morgan fingerprint density at radius 3 is 2.51 bits per heavy atom. The fourth-order valence-electron chi connectivity index (χ4n) is 5.63. The number of carbonyl (C=O) groups is 1. The molecule has 0 radical (unpaired) electrons. The molecule has 1 amide bonds. The maximum atomic E-state index is 15.3. The fourth-order valence-corrected chi connectivity index (χ4v) is 6.23. The van der Waals surface area contributed by atoms with Gasteiger partial charge in [0.1, 0.15) is 5.75 Å². The lowest BCUT2D eigenvalue weighted by atomic mass is 10.0. The summed E-state index contributed by atoms with van der Waals surface area (Å²) in [4.78, 5) is 22.3. The molecule has 0 saturated carbocycles. The van der Waals surface area contributed by atoms with Gasteiger partial charge in [0.05, 0.1) is 34.6 Å². The van der Waals surface area contributed by atoms with Crippen LogP contribution in [0, 0.1) is 5.82 Å². The van der Waals surface area contributed by atoms with Gasteiger partial charge < -0.3 is 30.7 Å². The van der Waals surface area contributed by atoms with Gasteiger partial charge in [-0.1, -0.05) is 47.5 Å². The van der Waals surface area contributed by atoms with Gasteiger partial charge in [-0.25, -0.2) is 9.37 Å². The molecular weight excluding hydrogens is 642 g/mol. The highest BCUT2D eigenvalue weighted by molar-refractivity contribution is 6.39. The quantitative estimate of drug-likeness (QED) is 0.133. The van der Waals surface area contributed by atoms with Crippen LogP contribution in [0.5, 0.6) is 5.75 Å². The number of nitrogens with zero attached hydrogens (tertiary/aromatic N) is 3. The second kappa shape index (κ2) is 15.9. The number of aromatic nitrogens is 2. The highest BCUT2D eigenvalue weighted by Gasteiger charge is 2.22. The number of pyridine rings is 2. The fraction of sp³-hybridized carbons (Fsp3) is 0.343. The molecule has 0 spiro atoms. The molecule has 2 aromatic heterocycles. The minimum Gasteiger partial charge on any atom is -0.496 e. The summed E-state index contributed by atoms with van der Waals surface area (Å²) in [6.45, 7) is 6.00. The van der Waals surface area contributed by atoms with Gasteiger partial charge in [0.15, 0.2) is 11.6 Å². The molecule has 4 aromatic rings. The molecule has 1 aliphatic rings. The molecule has 12 heteroatoms. The number of amides is 1. The molecule has 1 saturated heterocycles. The Morgan fingerprint density at radius 1 is 1.04 bits per heavy atom. The average molecular weight is 682 g/mol. The third-order valence-corrected chi connectivity index (χ3v) is 9.03. The van der Waals surface area contributed by atoms with E-state index in [0.29, 0.717) is 63.0 Å². The molecule has 9 nitrogen and oxygen atoms in total. The first-order chi connectivity index (χ1) is 22.7. The van der Waals surface area contributed by atoms with Crippen LogP contribution in [0.4, 0.5) is 15.9 Å². The van der Waals surface area contributed by atoms with Gasteiger partial charge in [0.2, 0.25) is 5.91 Å². The van der Waals surface area contributed by atoms with E-state index in [4.69, 9.17) is 27.9 Å². The van der Waals surface area contributed by atoms with E-state index in [-0.39, 0.29) is 18.3 Å². The predicted octanol–water partition coefficient (Wildman–Crippen LogP) is 6.58. The topological polar surface area (TPSA) is 112 Å². The van der Waals surface area contributed by atoms with E-state index in [1.807, 2.05) is 29.2 Å². The number of rotatable bonds is 12.